The van der Waals surface area contributed by atoms with Crippen LogP contribution in [-0.2, 0) is 12.3 Å². The SMILES string of the molecule is NCc1ccc(F)cc1CSc1nc2ccccc2[nH]1. The Balaban J connectivity index is 1.80. The highest BCUT2D eigenvalue weighted by molar-refractivity contribution is 7.98. The molecule has 0 atom stereocenters. The third-order valence-corrected chi connectivity index (χ3v) is 4.04. The first-order valence-electron chi connectivity index (χ1n) is 6.31. The molecule has 0 saturated carbocycles. The number of nitrogens with two attached hydrogens (primary N) is 1. The summed E-state index contributed by atoms with van der Waals surface area (Å²) in [6.45, 7) is 0.413. The first kappa shape index (κ1) is 13.1. The summed E-state index contributed by atoms with van der Waals surface area (Å²) in [4.78, 5) is 7.73. The van der Waals surface area contributed by atoms with Gasteiger partial charge in [0.2, 0.25) is 0 Å². The van der Waals surface area contributed by atoms with Crippen LogP contribution in [0.15, 0.2) is 47.6 Å². The van der Waals surface area contributed by atoms with Crippen molar-refractivity contribution in [3.63, 3.8) is 0 Å². The van der Waals surface area contributed by atoms with Crippen LogP contribution >= 0.6 is 11.8 Å². The highest BCUT2D eigenvalue weighted by Crippen LogP contribution is 2.25. The van der Waals surface area contributed by atoms with E-state index in [1.807, 2.05) is 24.3 Å². The van der Waals surface area contributed by atoms with Crippen molar-refractivity contribution in [1.82, 2.24) is 9.97 Å². The Bertz CT molecular complexity index is 706. The first-order chi connectivity index (χ1) is 9.76. The molecular weight excluding hydrogens is 273 g/mol. The minimum absolute atomic E-state index is 0.234. The molecule has 0 aliphatic carbocycles. The summed E-state index contributed by atoms with van der Waals surface area (Å²) < 4.78 is 13.3. The van der Waals surface area contributed by atoms with Crippen LogP contribution in [-0.4, -0.2) is 9.97 Å². The van der Waals surface area contributed by atoms with Gasteiger partial charge in [-0.15, -0.1) is 0 Å². The zero-order valence-electron chi connectivity index (χ0n) is 10.8. The molecule has 0 saturated heterocycles. The number of H-pyrrole nitrogens is 1. The second-order valence-electron chi connectivity index (χ2n) is 4.46. The third kappa shape index (κ3) is 2.69. The molecule has 0 bridgehead atoms. The maximum absolute atomic E-state index is 13.3. The Kier molecular flexibility index (Phi) is 3.71. The van der Waals surface area contributed by atoms with Crippen molar-refractivity contribution >= 4 is 22.8 Å². The Morgan fingerprint density at radius 1 is 1.15 bits per heavy atom. The van der Waals surface area contributed by atoms with E-state index < -0.39 is 0 Å². The van der Waals surface area contributed by atoms with Crippen molar-refractivity contribution in [2.75, 3.05) is 0 Å². The van der Waals surface area contributed by atoms with Gasteiger partial charge in [-0.25, -0.2) is 9.37 Å². The molecule has 0 unspecified atom stereocenters. The number of hydrogen-bond acceptors (Lipinski definition) is 3. The molecule has 1 heterocycles. The summed E-state index contributed by atoms with van der Waals surface area (Å²) >= 11 is 1.55. The van der Waals surface area contributed by atoms with E-state index in [1.54, 1.807) is 17.8 Å². The van der Waals surface area contributed by atoms with E-state index in [9.17, 15) is 4.39 Å². The van der Waals surface area contributed by atoms with Gasteiger partial charge in [-0.1, -0.05) is 30.0 Å². The molecule has 3 nitrogen and oxygen atoms in total. The normalized spacial score (nSPS) is 11.1. The predicted molar refractivity (Wildman–Crippen MR) is 79.9 cm³/mol. The molecule has 0 radical (unpaired) electrons. The third-order valence-electron chi connectivity index (χ3n) is 3.12. The topological polar surface area (TPSA) is 54.7 Å². The molecule has 0 spiro atoms. The molecular formula is C15H14FN3S. The molecule has 3 rings (SSSR count). The summed E-state index contributed by atoms with van der Waals surface area (Å²) in [5, 5.41) is 0.832. The Morgan fingerprint density at radius 2 is 2.00 bits per heavy atom. The van der Waals surface area contributed by atoms with Crippen molar-refractivity contribution in [1.29, 1.82) is 0 Å². The lowest BCUT2D eigenvalue weighted by Gasteiger charge is -2.06. The average molecular weight is 287 g/mol. The minimum atomic E-state index is -0.234. The Hall–Kier alpha value is -1.85. The summed E-state index contributed by atoms with van der Waals surface area (Å²) in [6, 6.07) is 12.6. The van der Waals surface area contributed by atoms with E-state index in [0.717, 1.165) is 27.3 Å². The predicted octanol–water partition coefficient (Wildman–Crippen LogP) is 3.45. The van der Waals surface area contributed by atoms with Crippen LogP contribution in [0.1, 0.15) is 11.1 Å². The van der Waals surface area contributed by atoms with E-state index in [1.165, 1.54) is 12.1 Å². The minimum Gasteiger partial charge on any atom is -0.333 e. The van der Waals surface area contributed by atoms with E-state index >= 15 is 0 Å². The van der Waals surface area contributed by atoms with Crippen LogP contribution in [0.5, 0.6) is 0 Å². The highest BCUT2D eigenvalue weighted by Gasteiger charge is 2.07. The lowest BCUT2D eigenvalue weighted by atomic mass is 10.1. The highest BCUT2D eigenvalue weighted by atomic mass is 32.2. The van der Waals surface area contributed by atoms with Gasteiger partial charge in [-0.2, -0.15) is 0 Å². The number of nitrogens with one attached hydrogen (secondary N) is 1. The van der Waals surface area contributed by atoms with E-state index in [0.29, 0.717) is 12.3 Å². The number of aromatic nitrogens is 2. The van der Waals surface area contributed by atoms with E-state index in [-0.39, 0.29) is 5.82 Å². The Labute approximate surface area is 120 Å². The number of benzene rings is 2. The number of nitrogens with zero attached hydrogens (tertiary/aromatic N) is 1. The molecule has 3 aromatic rings. The number of para-hydroxylation sites is 2. The van der Waals surface area contributed by atoms with Crippen molar-refractivity contribution in [2.24, 2.45) is 5.73 Å². The molecule has 20 heavy (non-hydrogen) atoms. The summed E-state index contributed by atoms with van der Waals surface area (Å²) in [7, 11) is 0. The molecule has 2 aromatic carbocycles. The fourth-order valence-electron chi connectivity index (χ4n) is 2.07. The molecule has 1 aromatic heterocycles. The quantitative estimate of drug-likeness (QED) is 0.723. The standard InChI is InChI=1S/C15H14FN3S/c16-12-6-5-10(8-17)11(7-12)9-20-15-18-13-3-1-2-4-14(13)19-15/h1-7H,8-9,17H2,(H,18,19). The molecule has 5 heteroatoms. The summed E-state index contributed by atoms with van der Waals surface area (Å²) in [5.74, 6) is 0.409. The molecule has 0 fully saturated rings. The van der Waals surface area contributed by atoms with Crippen LogP contribution in [0.25, 0.3) is 11.0 Å². The fraction of sp³-hybridized carbons (Fsp3) is 0.133. The van der Waals surface area contributed by atoms with E-state index in [2.05, 4.69) is 9.97 Å². The van der Waals surface area contributed by atoms with Crippen molar-refractivity contribution in [2.45, 2.75) is 17.5 Å². The Morgan fingerprint density at radius 3 is 2.80 bits per heavy atom. The van der Waals surface area contributed by atoms with Gasteiger partial charge < -0.3 is 10.7 Å². The number of imidazole rings is 1. The van der Waals surface area contributed by atoms with Crippen LogP contribution in [0.2, 0.25) is 0 Å². The van der Waals surface area contributed by atoms with Gasteiger partial charge in [0.25, 0.3) is 0 Å². The molecule has 3 N–H and O–H groups in total. The molecule has 0 aliphatic heterocycles. The van der Waals surface area contributed by atoms with Crippen molar-refractivity contribution < 1.29 is 4.39 Å². The lowest BCUT2D eigenvalue weighted by molar-refractivity contribution is 0.625. The first-order valence-corrected chi connectivity index (χ1v) is 7.30. The fourth-order valence-corrected chi connectivity index (χ4v) is 2.98. The van der Waals surface area contributed by atoms with E-state index in [4.69, 9.17) is 5.73 Å². The lowest BCUT2D eigenvalue weighted by Crippen LogP contribution is -2.01. The number of halogens is 1. The number of fused-ring (bicyclic) bond motifs is 1. The van der Waals surface area contributed by atoms with Gasteiger partial charge in [-0.3, -0.25) is 0 Å². The van der Waals surface area contributed by atoms with Gasteiger partial charge in [0.1, 0.15) is 5.82 Å². The number of aromatic amines is 1. The summed E-state index contributed by atoms with van der Waals surface area (Å²) in [5.41, 5.74) is 9.50. The maximum atomic E-state index is 13.3. The zero-order valence-corrected chi connectivity index (χ0v) is 11.6. The number of rotatable bonds is 4. The van der Waals surface area contributed by atoms with Crippen molar-refractivity contribution in [3.05, 3.63) is 59.4 Å². The van der Waals surface area contributed by atoms with Crippen LogP contribution < -0.4 is 5.73 Å². The monoisotopic (exact) mass is 287 g/mol. The van der Waals surface area contributed by atoms with Gasteiger partial charge in [0.05, 0.1) is 11.0 Å². The maximum Gasteiger partial charge on any atom is 0.166 e. The average Bonchev–Trinajstić information content (AvgIpc) is 2.88. The summed E-state index contributed by atoms with van der Waals surface area (Å²) in [6.07, 6.45) is 0. The second-order valence-corrected chi connectivity index (χ2v) is 5.43. The zero-order chi connectivity index (χ0) is 13.9. The smallest absolute Gasteiger partial charge is 0.166 e. The molecule has 0 amide bonds. The van der Waals surface area contributed by atoms with Crippen LogP contribution in [0.4, 0.5) is 4.39 Å². The van der Waals surface area contributed by atoms with Crippen LogP contribution in [0, 0.1) is 5.82 Å². The largest absolute Gasteiger partial charge is 0.333 e. The van der Waals surface area contributed by atoms with Gasteiger partial charge in [0.15, 0.2) is 5.16 Å². The number of hydrogen-bond donors (Lipinski definition) is 2. The van der Waals surface area contributed by atoms with Crippen LogP contribution in [0.3, 0.4) is 0 Å². The second kappa shape index (κ2) is 5.64. The number of thioether (sulfide) groups is 1. The molecule has 0 aliphatic rings. The van der Waals surface area contributed by atoms with Gasteiger partial charge >= 0.3 is 0 Å². The van der Waals surface area contributed by atoms with Crippen molar-refractivity contribution in [3.8, 4) is 0 Å². The molecule has 102 valence electrons. The van der Waals surface area contributed by atoms with Gasteiger partial charge in [0, 0.05) is 12.3 Å². The van der Waals surface area contributed by atoms with Gasteiger partial charge in [-0.05, 0) is 35.4 Å².